The molecule has 0 atom stereocenters. The first-order chi connectivity index (χ1) is 55.7. The first-order valence-corrected chi connectivity index (χ1v) is 43.7. The molecule has 119 heavy (non-hydrogen) atoms. The number of rotatable bonds is 8. The lowest BCUT2D eigenvalue weighted by Crippen LogP contribution is -2.61. The molecule has 0 saturated carbocycles. The van der Waals surface area contributed by atoms with Crippen LogP contribution >= 0.6 is 0 Å². The molecule has 4 heterocycles. The Hall–Kier alpha value is -10.9. The highest BCUT2D eigenvalue weighted by Gasteiger charge is 2.47. The summed E-state index contributed by atoms with van der Waals surface area (Å²) in [5.41, 5.74) is 37.7. The largest absolute Gasteiger partial charge is 0.311 e. The highest BCUT2D eigenvalue weighted by Crippen LogP contribution is 2.55. The minimum absolute atomic E-state index is 0.0681. The molecule has 0 saturated heterocycles. The molecule has 2 aromatic heterocycles. The number of anilines is 6. The molecule has 13 aromatic carbocycles. The normalized spacial score (nSPS) is 13.8. The third-order valence-electron chi connectivity index (χ3n) is 26.0. The molecule has 4 nitrogen and oxygen atoms in total. The van der Waals surface area contributed by atoms with Crippen LogP contribution in [-0.4, -0.2) is 15.8 Å². The predicted octanol–water partition coefficient (Wildman–Crippen LogP) is 30.3. The molecule has 602 valence electrons. The van der Waals surface area contributed by atoms with Crippen LogP contribution < -0.4 is 26.2 Å². The van der Waals surface area contributed by atoms with Gasteiger partial charge in [0, 0.05) is 66.8 Å². The SMILES string of the molecule is CC(C)(C)c1cc2c3c(c1)N(c1cc(-c4ccccc4C(C)(C)C)ccc1-c1ccccc1C(C)(C)C)c1cc(-n4c5ccc(C(C)(C)C)cc5c5cc(C(C)(C)C)ccc54)ccc1B3c1ccc(-n3c4ccc(C(C)(C)C)cc4c4cc(C(C)(C)C)ccc43)cc1N2c1cc(-c2ccccc2C(C)(C)C)ccc1-c1ccccc1C(C)(C)C. The van der Waals surface area contributed by atoms with Gasteiger partial charge in [0.2, 0.25) is 0 Å². The molecule has 0 spiro atoms. The Morgan fingerprint density at radius 2 is 0.479 bits per heavy atom. The summed E-state index contributed by atoms with van der Waals surface area (Å²) in [4.78, 5) is 5.54. The van der Waals surface area contributed by atoms with Crippen molar-refractivity contribution in [1.82, 2.24) is 9.13 Å². The van der Waals surface area contributed by atoms with Crippen molar-refractivity contribution in [1.29, 1.82) is 0 Å². The Balaban J connectivity index is 1.07. The standard InChI is InChI=1S/C114H123BN4/c1-106(2,3)72-46-56-95-85(62-72)86-63-73(107(4,5)6)47-57-96(86)116(95)77-50-54-93-101(68-77)118(99-60-70(79-36-28-32-40-89(79)111(16,17)18)44-52-83(99)81-38-30-34-42-91(81)113(22,23)24)103-66-76(110(13,14)15)67-104-105(103)115(93)94-55-51-78(117-97-58-48-74(108(7,8)9)64-87(97)88-65-75(109(10,11)12)49-59-98(88)117)69-102(94)119(104)100-61-71(80-37-29-33-41-90(80)112(19,20)21)45-53-84(100)82-39-31-35-43-92(82)114(25,26)27/h28-69H,1-27H3. The summed E-state index contributed by atoms with van der Waals surface area (Å²) in [5, 5.41) is 5.07. The van der Waals surface area contributed by atoms with E-state index in [0.717, 1.165) is 34.1 Å². The van der Waals surface area contributed by atoms with Crippen molar-refractivity contribution in [3.63, 3.8) is 0 Å². The summed E-state index contributed by atoms with van der Waals surface area (Å²) < 4.78 is 5.18. The van der Waals surface area contributed by atoms with Crippen LogP contribution in [0.2, 0.25) is 0 Å². The average molecular weight is 1560 g/mol. The fourth-order valence-corrected chi connectivity index (χ4v) is 19.4. The maximum Gasteiger partial charge on any atom is 0.252 e. The van der Waals surface area contributed by atoms with Crippen molar-refractivity contribution < 1.29 is 0 Å². The molecule has 2 aliphatic heterocycles. The first kappa shape index (κ1) is 80.5. The van der Waals surface area contributed by atoms with E-state index in [1.54, 1.807) is 0 Å². The molecule has 5 heteroatoms. The van der Waals surface area contributed by atoms with Gasteiger partial charge in [0.1, 0.15) is 0 Å². The lowest BCUT2D eigenvalue weighted by molar-refractivity contribution is 0.590. The van der Waals surface area contributed by atoms with Gasteiger partial charge in [-0.15, -0.1) is 0 Å². The van der Waals surface area contributed by atoms with Crippen LogP contribution in [0.5, 0.6) is 0 Å². The second kappa shape index (κ2) is 27.9. The highest BCUT2D eigenvalue weighted by atomic mass is 15.2. The van der Waals surface area contributed by atoms with Crippen molar-refractivity contribution in [3.8, 4) is 55.9 Å². The summed E-state index contributed by atoms with van der Waals surface area (Å²) in [6.07, 6.45) is 0. The van der Waals surface area contributed by atoms with E-state index in [1.165, 1.54) is 166 Å². The fraction of sp³-hybridized carbons (Fsp3) is 0.316. The van der Waals surface area contributed by atoms with Gasteiger partial charge in [-0.25, -0.2) is 0 Å². The van der Waals surface area contributed by atoms with Gasteiger partial charge in [-0.05, 0) is 246 Å². The molecular weight excluding hydrogens is 1440 g/mol. The molecule has 0 unspecified atom stereocenters. The van der Waals surface area contributed by atoms with E-state index in [1.807, 2.05) is 0 Å². The molecule has 15 aromatic rings. The second-order valence-corrected chi connectivity index (χ2v) is 44.0. The third kappa shape index (κ3) is 14.0. The van der Waals surface area contributed by atoms with E-state index in [9.17, 15) is 0 Å². The molecule has 0 bridgehead atoms. The number of hydrogen-bond donors (Lipinski definition) is 0. The molecule has 0 amide bonds. The van der Waals surface area contributed by atoms with Gasteiger partial charge in [0.25, 0.3) is 6.71 Å². The van der Waals surface area contributed by atoms with Crippen LogP contribution in [-0.2, 0) is 48.7 Å². The Morgan fingerprint density at radius 1 is 0.202 bits per heavy atom. The first-order valence-electron chi connectivity index (χ1n) is 43.7. The molecule has 0 aliphatic carbocycles. The lowest BCUT2D eigenvalue weighted by Gasteiger charge is -2.46. The van der Waals surface area contributed by atoms with Gasteiger partial charge in [-0.1, -0.05) is 345 Å². The molecule has 0 radical (unpaired) electrons. The van der Waals surface area contributed by atoms with Crippen LogP contribution in [0, 0.1) is 0 Å². The van der Waals surface area contributed by atoms with Crippen LogP contribution in [0.1, 0.15) is 237 Å². The van der Waals surface area contributed by atoms with Gasteiger partial charge < -0.3 is 18.9 Å². The van der Waals surface area contributed by atoms with Gasteiger partial charge in [-0.3, -0.25) is 0 Å². The van der Waals surface area contributed by atoms with E-state index < -0.39 is 0 Å². The van der Waals surface area contributed by atoms with E-state index in [0.29, 0.717) is 0 Å². The summed E-state index contributed by atoms with van der Waals surface area (Å²) in [5.74, 6) is 0. The summed E-state index contributed by atoms with van der Waals surface area (Å²) in [6.45, 7) is 63.6. The number of benzene rings is 13. The molecule has 0 N–H and O–H groups in total. The van der Waals surface area contributed by atoms with E-state index in [4.69, 9.17) is 0 Å². The zero-order valence-electron chi connectivity index (χ0n) is 76.1. The lowest BCUT2D eigenvalue weighted by atomic mass is 9.33. The minimum Gasteiger partial charge on any atom is -0.311 e. The summed E-state index contributed by atoms with van der Waals surface area (Å²) >= 11 is 0. The minimum atomic E-state index is -0.353. The van der Waals surface area contributed by atoms with Crippen molar-refractivity contribution in [2.45, 2.75) is 236 Å². The van der Waals surface area contributed by atoms with Crippen LogP contribution in [0.4, 0.5) is 34.1 Å². The second-order valence-electron chi connectivity index (χ2n) is 44.0. The Bertz CT molecular complexity index is 6080. The Labute approximate surface area is 711 Å². The molecule has 0 fully saturated rings. The summed E-state index contributed by atoms with van der Waals surface area (Å²) in [6, 6.07) is 101. The van der Waals surface area contributed by atoms with Gasteiger partial charge in [0.05, 0.1) is 33.4 Å². The van der Waals surface area contributed by atoms with Crippen LogP contribution in [0.15, 0.2) is 255 Å². The number of fused-ring (bicyclic) bond motifs is 10. The molecular formula is C114H123BN4. The monoisotopic (exact) mass is 1560 g/mol. The Kier molecular flexibility index (Phi) is 18.9. The highest BCUT2D eigenvalue weighted by molar-refractivity contribution is 7.00. The quantitative estimate of drug-likeness (QED) is 0.141. The van der Waals surface area contributed by atoms with Crippen molar-refractivity contribution in [3.05, 3.63) is 305 Å². The number of aromatic nitrogens is 2. The van der Waals surface area contributed by atoms with E-state index >= 15 is 0 Å². The van der Waals surface area contributed by atoms with Crippen molar-refractivity contribution in [2.24, 2.45) is 0 Å². The average Bonchev–Trinajstić information content (AvgIpc) is 0.810. The van der Waals surface area contributed by atoms with Crippen molar-refractivity contribution >= 4 is 101 Å². The van der Waals surface area contributed by atoms with Gasteiger partial charge in [-0.2, -0.15) is 0 Å². The fourth-order valence-electron chi connectivity index (χ4n) is 19.4. The van der Waals surface area contributed by atoms with Gasteiger partial charge in [0.15, 0.2) is 0 Å². The number of hydrogen-bond acceptors (Lipinski definition) is 2. The van der Waals surface area contributed by atoms with Gasteiger partial charge >= 0.3 is 0 Å². The Morgan fingerprint density at radius 3 is 0.765 bits per heavy atom. The smallest absolute Gasteiger partial charge is 0.252 e. The van der Waals surface area contributed by atoms with Crippen molar-refractivity contribution in [2.75, 3.05) is 9.80 Å². The molecule has 2 aliphatic rings. The third-order valence-corrected chi connectivity index (χ3v) is 26.0. The zero-order valence-corrected chi connectivity index (χ0v) is 76.1. The number of nitrogens with zero attached hydrogens (tertiary/aromatic N) is 4. The van der Waals surface area contributed by atoms with E-state index in [2.05, 4.69) is 461 Å². The topological polar surface area (TPSA) is 16.3 Å². The molecule has 17 rings (SSSR count). The van der Waals surface area contributed by atoms with E-state index in [-0.39, 0.29) is 55.4 Å². The maximum absolute atomic E-state index is 2.77. The van der Waals surface area contributed by atoms with Crippen LogP contribution in [0.3, 0.4) is 0 Å². The van der Waals surface area contributed by atoms with Crippen LogP contribution in [0.25, 0.3) is 99.5 Å². The zero-order chi connectivity index (χ0) is 84.9. The predicted molar refractivity (Wildman–Crippen MR) is 519 cm³/mol. The maximum atomic E-state index is 2.77. The summed E-state index contributed by atoms with van der Waals surface area (Å²) in [7, 11) is 0.